The van der Waals surface area contributed by atoms with Gasteiger partial charge in [-0.25, -0.2) is 4.79 Å². The SMILES string of the molecule is CCN(C)C(=O)NCC(=O)O. The second-order valence-corrected chi connectivity index (χ2v) is 2.07. The smallest absolute Gasteiger partial charge is 0.323 e. The van der Waals surface area contributed by atoms with E-state index in [0.29, 0.717) is 6.54 Å². The number of carbonyl (C=O) groups excluding carboxylic acids is 1. The molecule has 2 N–H and O–H groups in total. The second kappa shape index (κ2) is 4.54. The number of nitrogens with one attached hydrogen (secondary N) is 1. The van der Waals surface area contributed by atoms with Gasteiger partial charge < -0.3 is 15.3 Å². The molecule has 0 aromatic carbocycles. The van der Waals surface area contributed by atoms with Crippen LogP contribution in [0.1, 0.15) is 6.92 Å². The van der Waals surface area contributed by atoms with Gasteiger partial charge in [0.25, 0.3) is 0 Å². The summed E-state index contributed by atoms with van der Waals surface area (Å²) >= 11 is 0. The molecule has 0 rings (SSSR count). The van der Waals surface area contributed by atoms with E-state index in [4.69, 9.17) is 5.11 Å². The minimum atomic E-state index is -1.04. The maximum absolute atomic E-state index is 10.8. The third-order valence-corrected chi connectivity index (χ3v) is 1.21. The van der Waals surface area contributed by atoms with Gasteiger partial charge in [0.05, 0.1) is 0 Å². The molecule has 0 bridgehead atoms. The topological polar surface area (TPSA) is 69.6 Å². The van der Waals surface area contributed by atoms with Gasteiger partial charge in [0.1, 0.15) is 6.54 Å². The van der Waals surface area contributed by atoms with E-state index >= 15 is 0 Å². The summed E-state index contributed by atoms with van der Waals surface area (Å²) in [5.41, 5.74) is 0. The van der Waals surface area contributed by atoms with Gasteiger partial charge >= 0.3 is 12.0 Å². The molecule has 0 saturated heterocycles. The predicted octanol–water partition coefficient (Wildman–Crippen LogP) is -0.268. The van der Waals surface area contributed by atoms with Gasteiger partial charge in [0.2, 0.25) is 0 Å². The van der Waals surface area contributed by atoms with Crippen LogP contribution >= 0.6 is 0 Å². The van der Waals surface area contributed by atoms with Crippen LogP contribution in [0.2, 0.25) is 0 Å². The average Bonchev–Trinajstić information content (AvgIpc) is 1.98. The normalized spacial score (nSPS) is 8.91. The number of urea groups is 1. The van der Waals surface area contributed by atoms with Crippen molar-refractivity contribution in [2.75, 3.05) is 20.1 Å². The number of carboxylic acids is 1. The Morgan fingerprint density at radius 2 is 2.09 bits per heavy atom. The molecule has 0 aliphatic carbocycles. The third-order valence-electron chi connectivity index (χ3n) is 1.21. The summed E-state index contributed by atoms with van der Waals surface area (Å²) in [6.45, 7) is 2.04. The van der Waals surface area contributed by atoms with Crippen molar-refractivity contribution in [3.05, 3.63) is 0 Å². The molecule has 0 aromatic heterocycles. The zero-order valence-corrected chi connectivity index (χ0v) is 6.63. The van der Waals surface area contributed by atoms with Crippen molar-refractivity contribution in [1.82, 2.24) is 10.2 Å². The lowest BCUT2D eigenvalue weighted by molar-refractivity contribution is -0.135. The number of nitrogens with zero attached hydrogens (tertiary/aromatic N) is 1. The van der Waals surface area contributed by atoms with Crippen molar-refractivity contribution in [3.8, 4) is 0 Å². The fourth-order valence-electron chi connectivity index (χ4n) is 0.430. The van der Waals surface area contributed by atoms with E-state index in [1.54, 1.807) is 14.0 Å². The molecule has 0 atom stereocenters. The summed E-state index contributed by atoms with van der Waals surface area (Å²) in [6, 6.07) is -0.366. The van der Waals surface area contributed by atoms with Crippen molar-refractivity contribution in [3.63, 3.8) is 0 Å². The lowest BCUT2D eigenvalue weighted by atomic mass is 10.6. The molecule has 0 unspecified atom stereocenters. The summed E-state index contributed by atoms with van der Waals surface area (Å²) in [4.78, 5) is 22.2. The molecule has 0 aliphatic rings. The van der Waals surface area contributed by atoms with Crippen LogP contribution in [0.5, 0.6) is 0 Å². The molecule has 0 aromatic rings. The quantitative estimate of drug-likeness (QED) is 0.597. The number of rotatable bonds is 3. The Balaban J connectivity index is 3.60. The summed E-state index contributed by atoms with van der Waals surface area (Å²) in [6.07, 6.45) is 0. The van der Waals surface area contributed by atoms with E-state index < -0.39 is 5.97 Å². The van der Waals surface area contributed by atoms with Crippen molar-refractivity contribution in [2.24, 2.45) is 0 Å². The van der Waals surface area contributed by atoms with E-state index in [0.717, 1.165) is 0 Å². The van der Waals surface area contributed by atoms with Crippen molar-refractivity contribution < 1.29 is 14.7 Å². The predicted molar refractivity (Wildman–Crippen MR) is 39.3 cm³/mol. The lowest BCUT2D eigenvalue weighted by Crippen LogP contribution is -2.39. The Hall–Kier alpha value is -1.26. The minimum Gasteiger partial charge on any atom is -0.480 e. The summed E-state index contributed by atoms with van der Waals surface area (Å²) < 4.78 is 0. The molecule has 0 aliphatic heterocycles. The molecule has 5 nitrogen and oxygen atoms in total. The molecule has 0 fully saturated rings. The molecule has 2 amide bonds. The second-order valence-electron chi connectivity index (χ2n) is 2.07. The number of carboxylic acid groups (broad SMARTS) is 1. The molecule has 0 saturated carbocycles. The van der Waals surface area contributed by atoms with Crippen LogP contribution in [0.25, 0.3) is 0 Å². The van der Waals surface area contributed by atoms with Gasteiger partial charge in [-0.1, -0.05) is 0 Å². The van der Waals surface area contributed by atoms with E-state index in [1.807, 2.05) is 0 Å². The van der Waals surface area contributed by atoms with Gasteiger partial charge in [-0.2, -0.15) is 0 Å². The van der Waals surface area contributed by atoms with Crippen LogP contribution in [0.4, 0.5) is 4.79 Å². The highest BCUT2D eigenvalue weighted by molar-refractivity contribution is 5.79. The van der Waals surface area contributed by atoms with Crippen LogP contribution in [0.3, 0.4) is 0 Å². The van der Waals surface area contributed by atoms with E-state index in [2.05, 4.69) is 5.32 Å². The minimum absolute atomic E-state index is 0.330. The maximum Gasteiger partial charge on any atom is 0.323 e. The van der Waals surface area contributed by atoms with Crippen LogP contribution in [0.15, 0.2) is 0 Å². The summed E-state index contributed by atoms with van der Waals surface area (Å²) in [5, 5.41) is 10.4. The van der Waals surface area contributed by atoms with Crippen molar-refractivity contribution in [2.45, 2.75) is 6.92 Å². The molecule has 0 heterocycles. The van der Waals surface area contributed by atoms with Crippen LogP contribution in [-0.4, -0.2) is 42.1 Å². The van der Waals surface area contributed by atoms with Crippen LogP contribution < -0.4 is 5.32 Å². The van der Waals surface area contributed by atoms with E-state index in [1.165, 1.54) is 4.90 Å². The highest BCUT2D eigenvalue weighted by atomic mass is 16.4. The van der Waals surface area contributed by atoms with E-state index in [-0.39, 0.29) is 12.6 Å². The third kappa shape index (κ3) is 4.19. The molecule has 64 valence electrons. The molecule has 5 heteroatoms. The van der Waals surface area contributed by atoms with Gasteiger partial charge in [-0.15, -0.1) is 0 Å². The number of carbonyl (C=O) groups is 2. The Morgan fingerprint density at radius 1 is 1.55 bits per heavy atom. The fourth-order valence-corrected chi connectivity index (χ4v) is 0.430. The van der Waals surface area contributed by atoms with Gasteiger partial charge in [-0.3, -0.25) is 4.79 Å². The Bertz CT molecular complexity index is 158. The fraction of sp³-hybridized carbons (Fsp3) is 0.667. The first-order valence-corrected chi connectivity index (χ1v) is 3.28. The first-order chi connectivity index (χ1) is 5.07. The van der Waals surface area contributed by atoms with Gasteiger partial charge in [0, 0.05) is 13.6 Å². The molecular weight excluding hydrogens is 148 g/mol. The first kappa shape index (κ1) is 9.74. The average molecular weight is 160 g/mol. The van der Waals surface area contributed by atoms with Gasteiger partial charge in [0.15, 0.2) is 0 Å². The first-order valence-electron chi connectivity index (χ1n) is 3.28. The van der Waals surface area contributed by atoms with Crippen LogP contribution in [0, 0.1) is 0 Å². The van der Waals surface area contributed by atoms with Gasteiger partial charge in [-0.05, 0) is 6.92 Å². The summed E-state index contributed by atoms with van der Waals surface area (Å²) in [7, 11) is 1.59. The zero-order chi connectivity index (χ0) is 8.85. The van der Waals surface area contributed by atoms with Crippen LogP contribution in [-0.2, 0) is 4.79 Å². The highest BCUT2D eigenvalue weighted by Crippen LogP contribution is 1.80. The molecule has 11 heavy (non-hydrogen) atoms. The Kier molecular flexibility index (Phi) is 4.02. The molecule has 0 spiro atoms. The zero-order valence-electron chi connectivity index (χ0n) is 6.63. The highest BCUT2D eigenvalue weighted by Gasteiger charge is 2.05. The number of aliphatic carboxylic acids is 1. The lowest BCUT2D eigenvalue weighted by Gasteiger charge is -2.13. The number of hydrogen-bond donors (Lipinski definition) is 2. The monoisotopic (exact) mass is 160 g/mol. The van der Waals surface area contributed by atoms with Crippen molar-refractivity contribution >= 4 is 12.0 Å². The molecular formula is C6H12N2O3. The molecule has 0 radical (unpaired) electrons. The maximum atomic E-state index is 10.8. The largest absolute Gasteiger partial charge is 0.480 e. The standard InChI is InChI=1S/C6H12N2O3/c1-3-8(2)6(11)7-4-5(9)10/h3-4H2,1-2H3,(H,7,11)(H,9,10). The summed E-state index contributed by atoms with van der Waals surface area (Å²) in [5.74, 6) is -1.04. The Labute approximate surface area is 65.0 Å². The Morgan fingerprint density at radius 3 is 2.45 bits per heavy atom. The van der Waals surface area contributed by atoms with E-state index in [9.17, 15) is 9.59 Å². The number of amides is 2. The van der Waals surface area contributed by atoms with Crippen molar-refractivity contribution in [1.29, 1.82) is 0 Å². The number of hydrogen-bond acceptors (Lipinski definition) is 2.